The van der Waals surface area contributed by atoms with Crippen molar-refractivity contribution in [3.63, 3.8) is 0 Å². The van der Waals surface area contributed by atoms with Gasteiger partial charge in [-0.25, -0.2) is 14.0 Å². The van der Waals surface area contributed by atoms with Crippen LogP contribution in [0.15, 0.2) is 27.9 Å². The molecule has 2 aliphatic heterocycles. The van der Waals surface area contributed by atoms with Gasteiger partial charge in [0.1, 0.15) is 15.7 Å². The Labute approximate surface area is 95.6 Å². The summed E-state index contributed by atoms with van der Waals surface area (Å²) in [5.41, 5.74) is 0.861. The summed E-state index contributed by atoms with van der Waals surface area (Å²) in [6.07, 6.45) is 3.32. The number of allylic oxidation sites excluding steroid dienone is 1. The first kappa shape index (κ1) is 11.1. The van der Waals surface area contributed by atoms with Gasteiger partial charge in [-0.15, -0.1) is 0 Å². The fourth-order valence-corrected chi connectivity index (χ4v) is 2.64. The third-order valence-electron chi connectivity index (χ3n) is 2.41. The summed E-state index contributed by atoms with van der Waals surface area (Å²) in [4.78, 5) is 16.6. The average molecular weight is 240 g/mol. The molecular formula is C10H12N2O3S. The average Bonchev–Trinajstić information content (AvgIpc) is 2.56. The largest absolute Gasteiger partial charge is 0.477 e. The van der Waals surface area contributed by atoms with Crippen molar-refractivity contribution in [2.24, 2.45) is 10.9 Å². The van der Waals surface area contributed by atoms with Crippen molar-refractivity contribution in [1.82, 2.24) is 4.90 Å². The van der Waals surface area contributed by atoms with Crippen LogP contribution in [0.25, 0.3) is 0 Å². The zero-order valence-corrected chi connectivity index (χ0v) is 9.82. The highest BCUT2D eigenvalue weighted by Crippen LogP contribution is 2.25. The van der Waals surface area contributed by atoms with Gasteiger partial charge in [0.15, 0.2) is 0 Å². The molecule has 0 aromatic heterocycles. The Morgan fingerprint density at radius 1 is 1.62 bits per heavy atom. The lowest BCUT2D eigenvalue weighted by atomic mass is 10.1. The Morgan fingerprint density at radius 2 is 2.31 bits per heavy atom. The molecular weight excluding hydrogens is 228 g/mol. The van der Waals surface area contributed by atoms with Gasteiger partial charge in [0.25, 0.3) is 0 Å². The van der Waals surface area contributed by atoms with E-state index in [1.807, 2.05) is 19.9 Å². The number of hydrogen-bond donors (Lipinski definition) is 1. The molecule has 0 amide bonds. The van der Waals surface area contributed by atoms with Crippen LogP contribution in [-0.4, -0.2) is 31.9 Å². The van der Waals surface area contributed by atoms with Gasteiger partial charge in [-0.1, -0.05) is 13.8 Å². The van der Waals surface area contributed by atoms with Crippen LogP contribution in [0, 0.1) is 5.92 Å². The Bertz CT molecular complexity index is 463. The number of carboxylic acid groups (broad SMARTS) is 1. The minimum absolute atomic E-state index is 0.0999. The van der Waals surface area contributed by atoms with Crippen molar-refractivity contribution in [3.05, 3.63) is 22.9 Å². The highest BCUT2D eigenvalue weighted by Gasteiger charge is 2.34. The molecule has 6 heteroatoms. The van der Waals surface area contributed by atoms with Crippen LogP contribution in [0.4, 0.5) is 0 Å². The number of nitrogens with zero attached hydrogens (tertiary/aromatic N) is 2. The van der Waals surface area contributed by atoms with Gasteiger partial charge >= 0.3 is 5.97 Å². The Kier molecular flexibility index (Phi) is 2.67. The van der Waals surface area contributed by atoms with E-state index in [1.165, 1.54) is 6.20 Å². The van der Waals surface area contributed by atoms with Crippen LogP contribution in [0.5, 0.6) is 0 Å². The molecule has 0 aliphatic carbocycles. The molecule has 2 aliphatic rings. The first-order chi connectivity index (χ1) is 7.50. The predicted octanol–water partition coefficient (Wildman–Crippen LogP) is 0.886. The monoisotopic (exact) mass is 240 g/mol. The number of aliphatic imine (C=N–C) groups is 1. The van der Waals surface area contributed by atoms with E-state index in [-0.39, 0.29) is 10.8 Å². The van der Waals surface area contributed by atoms with Gasteiger partial charge in [0, 0.05) is 18.4 Å². The highest BCUT2D eigenvalue weighted by atomic mass is 32.2. The second kappa shape index (κ2) is 3.86. The lowest BCUT2D eigenvalue weighted by Crippen LogP contribution is -2.28. The molecule has 0 saturated carbocycles. The maximum absolute atomic E-state index is 11.8. The molecule has 1 atom stereocenters. The standard InChI is InChI=1S/C10H12N2O3S/c1-6(2)7-3-4-12-5-8(9(13)14)16(15)10(12)11-7/h3,5-6H,4H2,1-2H3,(H,13,14). The van der Waals surface area contributed by atoms with Crippen LogP contribution in [0.1, 0.15) is 13.8 Å². The minimum Gasteiger partial charge on any atom is -0.477 e. The van der Waals surface area contributed by atoms with Gasteiger partial charge in [-0.2, -0.15) is 0 Å². The molecule has 0 saturated heterocycles. The quantitative estimate of drug-likeness (QED) is 0.778. The molecule has 1 N–H and O–H groups in total. The van der Waals surface area contributed by atoms with Gasteiger partial charge in [0.2, 0.25) is 5.17 Å². The molecule has 0 radical (unpaired) electrons. The molecule has 0 spiro atoms. The number of rotatable bonds is 2. The normalized spacial score (nSPS) is 23.8. The summed E-state index contributed by atoms with van der Waals surface area (Å²) in [5, 5.41) is 9.18. The van der Waals surface area contributed by atoms with E-state index in [4.69, 9.17) is 5.11 Å². The van der Waals surface area contributed by atoms with E-state index in [1.54, 1.807) is 4.90 Å². The molecule has 0 fully saturated rings. The Balaban J connectivity index is 2.33. The molecule has 0 aromatic rings. The van der Waals surface area contributed by atoms with Gasteiger partial charge < -0.3 is 10.0 Å². The van der Waals surface area contributed by atoms with Crippen molar-refractivity contribution >= 4 is 21.9 Å². The van der Waals surface area contributed by atoms with Crippen molar-refractivity contribution in [2.45, 2.75) is 13.8 Å². The summed E-state index contributed by atoms with van der Waals surface area (Å²) < 4.78 is 11.8. The molecule has 2 rings (SSSR count). The van der Waals surface area contributed by atoms with E-state index in [0.29, 0.717) is 11.7 Å². The first-order valence-corrected chi connectivity index (χ1v) is 6.08. The van der Waals surface area contributed by atoms with E-state index in [0.717, 1.165) is 5.70 Å². The van der Waals surface area contributed by atoms with E-state index in [2.05, 4.69) is 4.99 Å². The van der Waals surface area contributed by atoms with Crippen LogP contribution in [0.2, 0.25) is 0 Å². The van der Waals surface area contributed by atoms with E-state index < -0.39 is 16.8 Å². The van der Waals surface area contributed by atoms with E-state index >= 15 is 0 Å². The zero-order chi connectivity index (χ0) is 11.9. The summed E-state index contributed by atoms with van der Waals surface area (Å²) in [6.45, 7) is 4.53. The molecule has 0 bridgehead atoms. The van der Waals surface area contributed by atoms with Crippen molar-refractivity contribution in [3.8, 4) is 0 Å². The third kappa shape index (κ3) is 1.69. The summed E-state index contributed by atoms with van der Waals surface area (Å²) >= 11 is 0. The Hall–Kier alpha value is -1.43. The lowest BCUT2D eigenvalue weighted by molar-refractivity contribution is -0.131. The number of amidine groups is 1. The number of fused-ring (bicyclic) bond motifs is 1. The fraction of sp³-hybridized carbons (Fsp3) is 0.400. The highest BCUT2D eigenvalue weighted by molar-refractivity contribution is 8.05. The van der Waals surface area contributed by atoms with Crippen LogP contribution >= 0.6 is 0 Å². The molecule has 86 valence electrons. The summed E-state index contributed by atoms with van der Waals surface area (Å²) in [6, 6.07) is 0. The molecule has 0 aromatic carbocycles. The SMILES string of the molecule is CC(C)C1=CCN2C=C(C(=O)O)S(=O)C2=N1. The number of carboxylic acids is 1. The minimum atomic E-state index is -1.65. The van der Waals surface area contributed by atoms with Gasteiger partial charge in [-0.05, 0) is 12.0 Å². The van der Waals surface area contributed by atoms with Crippen LogP contribution < -0.4 is 0 Å². The van der Waals surface area contributed by atoms with E-state index in [9.17, 15) is 9.00 Å². The predicted molar refractivity (Wildman–Crippen MR) is 60.9 cm³/mol. The number of hydrogen-bond acceptors (Lipinski definition) is 4. The topological polar surface area (TPSA) is 70.0 Å². The molecule has 1 unspecified atom stereocenters. The van der Waals surface area contributed by atoms with Crippen molar-refractivity contribution in [1.29, 1.82) is 0 Å². The van der Waals surface area contributed by atoms with Crippen molar-refractivity contribution in [2.75, 3.05) is 6.54 Å². The van der Waals surface area contributed by atoms with Gasteiger partial charge in [-0.3, -0.25) is 0 Å². The zero-order valence-electron chi connectivity index (χ0n) is 9.01. The summed E-state index contributed by atoms with van der Waals surface area (Å²) in [5.74, 6) is -0.901. The molecule has 16 heavy (non-hydrogen) atoms. The van der Waals surface area contributed by atoms with Crippen LogP contribution in [0.3, 0.4) is 0 Å². The summed E-state index contributed by atoms with van der Waals surface area (Å²) in [7, 11) is -1.65. The second-order valence-electron chi connectivity index (χ2n) is 3.90. The maximum atomic E-state index is 11.8. The van der Waals surface area contributed by atoms with Crippen molar-refractivity contribution < 1.29 is 14.1 Å². The van der Waals surface area contributed by atoms with Crippen LogP contribution in [-0.2, 0) is 15.6 Å². The Morgan fingerprint density at radius 3 is 2.88 bits per heavy atom. The number of carbonyl (C=O) groups is 1. The fourth-order valence-electron chi connectivity index (χ4n) is 1.53. The molecule has 5 nitrogen and oxygen atoms in total. The third-order valence-corrected chi connectivity index (χ3v) is 3.75. The second-order valence-corrected chi connectivity index (χ2v) is 5.24. The lowest BCUT2D eigenvalue weighted by Gasteiger charge is -2.20. The van der Waals surface area contributed by atoms with Gasteiger partial charge in [0.05, 0.1) is 0 Å². The molecule has 2 heterocycles. The smallest absolute Gasteiger partial charge is 0.346 e. The maximum Gasteiger partial charge on any atom is 0.346 e. The number of aliphatic carboxylic acids is 1. The first-order valence-electron chi connectivity index (χ1n) is 4.93.